The number of sulfonamides is 1. The van der Waals surface area contributed by atoms with Crippen LogP contribution in [0.4, 0.5) is 0 Å². The van der Waals surface area contributed by atoms with Gasteiger partial charge in [-0.25, -0.2) is 8.42 Å². The second-order valence-electron chi connectivity index (χ2n) is 6.11. The first-order valence-electron chi connectivity index (χ1n) is 8.12. The quantitative estimate of drug-likeness (QED) is 0.702. The summed E-state index contributed by atoms with van der Waals surface area (Å²) < 4.78 is 28.5. The number of hydrogen-bond donors (Lipinski definition) is 1. The number of halogens is 2. The molecule has 0 bridgehead atoms. The number of carbonyl (C=O) groups is 1. The molecule has 1 aliphatic rings. The topological polar surface area (TPSA) is 66.5 Å². The molecular formula is C17H18BrClN2O3S2. The molecule has 1 aromatic carbocycles. The van der Waals surface area contributed by atoms with Crippen molar-refractivity contribution in [3.05, 3.63) is 50.8 Å². The highest BCUT2D eigenvalue weighted by atomic mass is 79.9. The van der Waals surface area contributed by atoms with E-state index in [9.17, 15) is 13.2 Å². The van der Waals surface area contributed by atoms with E-state index in [1.54, 1.807) is 6.07 Å². The molecule has 0 saturated carbocycles. The molecule has 0 radical (unpaired) electrons. The third-order valence-electron chi connectivity index (χ3n) is 4.35. The number of nitrogens with zero attached hydrogens (tertiary/aromatic N) is 1. The lowest BCUT2D eigenvalue weighted by atomic mass is 10.1. The first kappa shape index (κ1) is 19.8. The fourth-order valence-corrected chi connectivity index (χ4v) is 6.52. The third kappa shape index (κ3) is 4.14. The van der Waals surface area contributed by atoms with Crippen molar-refractivity contribution >= 4 is 54.8 Å². The number of amides is 1. The summed E-state index contributed by atoms with van der Waals surface area (Å²) in [5.41, 5.74) is 0.957. The second-order valence-corrected chi connectivity index (χ2v) is 10.9. The van der Waals surface area contributed by atoms with Crippen LogP contribution in [0.5, 0.6) is 0 Å². The summed E-state index contributed by atoms with van der Waals surface area (Å²) in [4.78, 5) is 12.7. The Morgan fingerprint density at radius 2 is 2.00 bits per heavy atom. The Bertz CT molecular complexity index is 899. The largest absolute Gasteiger partial charge is 0.348 e. The minimum Gasteiger partial charge on any atom is -0.348 e. The summed E-state index contributed by atoms with van der Waals surface area (Å²) in [5, 5.41) is 2.93. The summed E-state index contributed by atoms with van der Waals surface area (Å²) in [6.07, 6.45) is 1.17. The van der Waals surface area contributed by atoms with E-state index in [4.69, 9.17) is 11.6 Å². The summed E-state index contributed by atoms with van der Waals surface area (Å²) in [7, 11) is -3.72. The van der Waals surface area contributed by atoms with Gasteiger partial charge in [-0.1, -0.05) is 39.7 Å². The molecule has 0 spiro atoms. The molecule has 1 amide bonds. The Morgan fingerprint density at radius 1 is 1.31 bits per heavy atom. The second kappa shape index (κ2) is 7.98. The normalized spacial score (nSPS) is 19.4. The van der Waals surface area contributed by atoms with Crippen LogP contribution in [-0.2, 0) is 14.8 Å². The average Bonchev–Trinajstić information content (AvgIpc) is 3.24. The highest BCUT2D eigenvalue weighted by Crippen LogP contribution is 2.32. The van der Waals surface area contributed by atoms with Crippen LogP contribution in [0.2, 0.25) is 4.34 Å². The van der Waals surface area contributed by atoms with Crippen LogP contribution in [0, 0.1) is 0 Å². The van der Waals surface area contributed by atoms with Crippen molar-refractivity contribution in [3.63, 3.8) is 0 Å². The van der Waals surface area contributed by atoms with E-state index >= 15 is 0 Å². The molecule has 1 fully saturated rings. The van der Waals surface area contributed by atoms with E-state index in [1.165, 1.54) is 10.4 Å². The van der Waals surface area contributed by atoms with Crippen molar-refractivity contribution in [2.45, 2.75) is 36.1 Å². The van der Waals surface area contributed by atoms with Gasteiger partial charge in [0.2, 0.25) is 5.91 Å². The van der Waals surface area contributed by atoms with Gasteiger partial charge in [-0.15, -0.1) is 11.3 Å². The maximum Gasteiger partial charge on any atom is 0.253 e. The number of hydrogen-bond acceptors (Lipinski definition) is 4. The van der Waals surface area contributed by atoms with Crippen molar-refractivity contribution in [1.82, 2.24) is 9.62 Å². The van der Waals surface area contributed by atoms with Gasteiger partial charge in [0.05, 0.1) is 10.4 Å². The summed E-state index contributed by atoms with van der Waals surface area (Å²) in [6, 6.07) is 9.79. The first-order chi connectivity index (χ1) is 12.3. The lowest BCUT2D eigenvalue weighted by Gasteiger charge is -2.24. The van der Waals surface area contributed by atoms with Gasteiger partial charge in [-0.05, 0) is 49.6 Å². The van der Waals surface area contributed by atoms with Crippen LogP contribution >= 0.6 is 38.9 Å². The molecule has 1 N–H and O–H groups in total. The first-order valence-corrected chi connectivity index (χ1v) is 11.5. The van der Waals surface area contributed by atoms with E-state index in [-0.39, 0.29) is 16.2 Å². The predicted octanol–water partition coefficient (Wildman–Crippen LogP) is 4.19. The number of benzene rings is 1. The third-order valence-corrected chi connectivity index (χ3v) is 8.48. The van der Waals surface area contributed by atoms with Crippen molar-refractivity contribution in [1.29, 1.82) is 0 Å². The van der Waals surface area contributed by atoms with Gasteiger partial charge in [-0.2, -0.15) is 4.31 Å². The van der Waals surface area contributed by atoms with Gasteiger partial charge >= 0.3 is 0 Å². The molecule has 0 aliphatic carbocycles. The predicted molar refractivity (Wildman–Crippen MR) is 107 cm³/mol. The SMILES string of the molecule is CC(NC(=O)C1CCCN1S(=O)(=O)c1ccc(Cl)s1)c1ccc(Br)cc1. The van der Waals surface area contributed by atoms with Gasteiger partial charge < -0.3 is 5.32 Å². The highest BCUT2D eigenvalue weighted by molar-refractivity contribution is 9.10. The van der Waals surface area contributed by atoms with Crippen LogP contribution in [0.25, 0.3) is 0 Å². The molecule has 2 atom stereocenters. The van der Waals surface area contributed by atoms with Crippen LogP contribution in [-0.4, -0.2) is 31.2 Å². The van der Waals surface area contributed by atoms with E-state index in [0.29, 0.717) is 23.7 Å². The minimum atomic E-state index is -3.72. The molecule has 9 heteroatoms. The van der Waals surface area contributed by atoms with Crippen LogP contribution in [0.3, 0.4) is 0 Å². The van der Waals surface area contributed by atoms with Crippen LogP contribution < -0.4 is 5.32 Å². The molecule has 1 aliphatic heterocycles. The smallest absolute Gasteiger partial charge is 0.253 e. The van der Waals surface area contributed by atoms with E-state index < -0.39 is 16.1 Å². The van der Waals surface area contributed by atoms with Crippen molar-refractivity contribution in [2.75, 3.05) is 6.54 Å². The van der Waals surface area contributed by atoms with Gasteiger partial charge in [0, 0.05) is 11.0 Å². The fourth-order valence-electron chi connectivity index (χ4n) is 2.99. The molecule has 26 heavy (non-hydrogen) atoms. The molecule has 2 aromatic rings. The minimum absolute atomic E-state index is 0.170. The molecule has 2 unspecified atom stereocenters. The Kier molecular flexibility index (Phi) is 6.08. The maximum atomic E-state index is 12.8. The molecule has 1 saturated heterocycles. The fraction of sp³-hybridized carbons (Fsp3) is 0.353. The van der Waals surface area contributed by atoms with Gasteiger partial charge in [0.15, 0.2) is 0 Å². The standard InChI is InChI=1S/C17H18BrClN2O3S2/c1-11(12-4-6-13(18)7-5-12)20-17(22)14-3-2-10-21(14)26(23,24)16-9-8-15(19)25-16/h4-9,11,14H,2-3,10H2,1H3,(H,20,22). The Labute approximate surface area is 170 Å². The van der Waals surface area contributed by atoms with Crippen molar-refractivity contribution < 1.29 is 13.2 Å². The Balaban J connectivity index is 1.75. The summed E-state index contributed by atoms with van der Waals surface area (Å²) in [5.74, 6) is -0.274. The maximum absolute atomic E-state index is 12.8. The van der Waals surface area contributed by atoms with Crippen LogP contribution in [0.1, 0.15) is 31.4 Å². The average molecular weight is 478 g/mol. The number of nitrogens with one attached hydrogen (secondary N) is 1. The highest BCUT2D eigenvalue weighted by Gasteiger charge is 2.40. The van der Waals surface area contributed by atoms with Crippen LogP contribution in [0.15, 0.2) is 45.1 Å². The molecule has 5 nitrogen and oxygen atoms in total. The lowest BCUT2D eigenvalue weighted by molar-refractivity contribution is -0.124. The Morgan fingerprint density at radius 3 is 2.62 bits per heavy atom. The Hall–Kier alpha value is -0.930. The molecular weight excluding hydrogens is 460 g/mol. The van der Waals surface area contributed by atoms with E-state index in [1.807, 2.05) is 31.2 Å². The number of rotatable bonds is 5. The number of carbonyl (C=O) groups excluding carboxylic acids is 1. The number of thiophene rings is 1. The van der Waals surface area contributed by atoms with Crippen molar-refractivity contribution in [2.24, 2.45) is 0 Å². The lowest BCUT2D eigenvalue weighted by Crippen LogP contribution is -2.46. The van der Waals surface area contributed by atoms with E-state index in [0.717, 1.165) is 21.4 Å². The zero-order valence-corrected chi connectivity index (χ0v) is 18.0. The molecule has 3 rings (SSSR count). The summed E-state index contributed by atoms with van der Waals surface area (Å²) in [6.45, 7) is 2.22. The zero-order valence-electron chi connectivity index (χ0n) is 14.0. The molecule has 1 aromatic heterocycles. The molecule has 140 valence electrons. The van der Waals surface area contributed by atoms with Gasteiger partial charge in [0.1, 0.15) is 10.3 Å². The monoisotopic (exact) mass is 476 g/mol. The van der Waals surface area contributed by atoms with Gasteiger partial charge in [-0.3, -0.25) is 4.79 Å². The van der Waals surface area contributed by atoms with Crippen molar-refractivity contribution in [3.8, 4) is 0 Å². The van der Waals surface area contributed by atoms with E-state index in [2.05, 4.69) is 21.2 Å². The zero-order chi connectivity index (χ0) is 18.9. The summed E-state index contributed by atoms with van der Waals surface area (Å²) >= 11 is 10.3. The van der Waals surface area contributed by atoms with Gasteiger partial charge in [0.25, 0.3) is 10.0 Å². The molecule has 2 heterocycles.